The third-order valence-electron chi connectivity index (χ3n) is 5.14. The predicted molar refractivity (Wildman–Crippen MR) is 112 cm³/mol. The summed E-state index contributed by atoms with van der Waals surface area (Å²) < 4.78 is 11.0. The molecule has 2 N–H and O–H groups in total. The number of nitrogens with zero attached hydrogens (tertiary/aromatic N) is 2. The highest BCUT2D eigenvalue weighted by atomic mass is 16.5. The number of carbonyl (C=O) groups is 1. The van der Waals surface area contributed by atoms with E-state index in [0.29, 0.717) is 24.7 Å². The number of piperazine rings is 1. The van der Waals surface area contributed by atoms with Crippen LogP contribution in [0.25, 0.3) is 0 Å². The Morgan fingerprint density at radius 2 is 2.24 bits per heavy atom. The van der Waals surface area contributed by atoms with Gasteiger partial charge in [0.05, 0.1) is 26.3 Å². The number of amides is 1. The molecule has 1 aliphatic rings. The zero-order chi connectivity index (χ0) is 20.6. The Morgan fingerprint density at radius 3 is 2.97 bits per heavy atom. The summed E-state index contributed by atoms with van der Waals surface area (Å²) in [4.78, 5) is 19.2. The highest BCUT2D eigenvalue weighted by Gasteiger charge is 2.26. The zero-order valence-corrected chi connectivity index (χ0v) is 17.4. The summed E-state index contributed by atoms with van der Waals surface area (Å²) in [5, 5.41) is 6.51. The van der Waals surface area contributed by atoms with Crippen molar-refractivity contribution in [3.8, 4) is 11.5 Å². The Labute approximate surface area is 172 Å². The fourth-order valence-corrected chi connectivity index (χ4v) is 3.62. The molecule has 2 aromatic rings. The summed E-state index contributed by atoms with van der Waals surface area (Å²) in [6.45, 7) is 7.33. The second-order valence-electron chi connectivity index (χ2n) is 7.11. The van der Waals surface area contributed by atoms with Crippen LogP contribution in [0.15, 0.2) is 42.7 Å². The van der Waals surface area contributed by atoms with Crippen molar-refractivity contribution in [2.45, 2.75) is 25.9 Å². The summed E-state index contributed by atoms with van der Waals surface area (Å²) in [5.41, 5.74) is 2.10. The third kappa shape index (κ3) is 5.46. The van der Waals surface area contributed by atoms with Crippen molar-refractivity contribution in [1.82, 2.24) is 20.5 Å². The van der Waals surface area contributed by atoms with E-state index in [1.54, 1.807) is 13.3 Å². The summed E-state index contributed by atoms with van der Waals surface area (Å²) in [6, 6.07) is 9.76. The van der Waals surface area contributed by atoms with E-state index in [2.05, 4.69) is 26.6 Å². The first-order valence-electron chi connectivity index (χ1n) is 10.1. The standard InChI is InChI=1S/C22H30N4O3/c1-4-29-20-8-7-17(12-21(20)28-3)16(2)25-22(27)15-26-11-10-24-14-19(26)18-6-5-9-23-13-18/h5-9,12-13,16,19,24H,4,10-11,14-15H2,1-3H3,(H,25,27). The molecule has 7 heteroatoms. The van der Waals surface area contributed by atoms with Crippen LogP contribution in [-0.2, 0) is 4.79 Å². The average molecular weight is 399 g/mol. The molecule has 1 aromatic heterocycles. The summed E-state index contributed by atoms with van der Waals surface area (Å²) >= 11 is 0. The normalized spacial score (nSPS) is 18.1. The van der Waals surface area contributed by atoms with Crippen LogP contribution in [0.4, 0.5) is 0 Å². The molecule has 2 atom stereocenters. The quantitative estimate of drug-likeness (QED) is 0.711. The van der Waals surface area contributed by atoms with Crippen LogP contribution in [0.1, 0.15) is 37.1 Å². The van der Waals surface area contributed by atoms with Gasteiger partial charge < -0.3 is 20.1 Å². The van der Waals surface area contributed by atoms with Gasteiger partial charge in [0, 0.05) is 38.1 Å². The van der Waals surface area contributed by atoms with Gasteiger partial charge in [0.15, 0.2) is 11.5 Å². The Morgan fingerprint density at radius 1 is 1.38 bits per heavy atom. The van der Waals surface area contributed by atoms with Gasteiger partial charge in [-0.3, -0.25) is 14.7 Å². The first kappa shape index (κ1) is 21.1. The van der Waals surface area contributed by atoms with Crippen molar-refractivity contribution < 1.29 is 14.3 Å². The van der Waals surface area contributed by atoms with Crippen molar-refractivity contribution in [3.05, 3.63) is 53.9 Å². The van der Waals surface area contributed by atoms with Crippen LogP contribution in [0.2, 0.25) is 0 Å². The van der Waals surface area contributed by atoms with Crippen LogP contribution in [0.3, 0.4) is 0 Å². The lowest BCUT2D eigenvalue weighted by molar-refractivity contribution is -0.123. The highest BCUT2D eigenvalue weighted by Crippen LogP contribution is 2.30. The number of methoxy groups -OCH3 is 1. The van der Waals surface area contributed by atoms with E-state index in [9.17, 15) is 4.79 Å². The van der Waals surface area contributed by atoms with E-state index in [0.717, 1.165) is 30.8 Å². The molecule has 1 amide bonds. The number of pyridine rings is 1. The van der Waals surface area contributed by atoms with Gasteiger partial charge >= 0.3 is 0 Å². The molecule has 29 heavy (non-hydrogen) atoms. The van der Waals surface area contributed by atoms with Gasteiger partial charge in [-0.15, -0.1) is 0 Å². The molecular formula is C22H30N4O3. The predicted octanol–water partition coefficient (Wildman–Crippen LogP) is 2.31. The van der Waals surface area contributed by atoms with Crippen LogP contribution < -0.4 is 20.1 Å². The average Bonchev–Trinajstić information content (AvgIpc) is 2.75. The van der Waals surface area contributed by atoms with Gasteiger partial charge in [-0.25, -0.2) is 0 Å². The molecule has 0 aliphatic carbocycles. The van der Waals surface area contributed by atoms with Gasteiger partial charge in [0.2, 0.25) is 5.91 Å². The van der Waals surface area contributed by atoms with Crippen LogP contribution in [-0.4, -0.2) is 55.7 Å². The number of hydrogen-bond donors (Lipinski definition) is 2. The van der Waals surface area contributed by atoms with E-state index in [-0.39, 0.29) is 18.0 Å². The lowest BCUT2D eigenvalue weighted by Gasteiger charge is -2.36. The molecule has 3 rings (SSSR count). The number of carbonyl (C=O) groups excluding carboxylic acids is 1. The number of ether oxygens (including phenoxy) is 2. The summed E-state index contributed by atoms with van der Waals surface area (Å²) in [6.07, 6.45) is 3.64. The lowest BCUT2D eigenvalue weighted by atomic mass is 10.1. The maximum atomic E-state index is 12.8. The molecule has 2 unspecified atom stereocenters. The van der Waals surface area contributed by atoms with Gasteiger partial charge in [-0.2, -0.15) is 0 Å². The lowest BCUT2D eigenvalue weighted by Crippen LogP contribution is -2.49. The molecule has 0 saturated carbocycles. The van der Waals surface area contributed by atoms with Crippen LogP contribution in [0, 0.1) is 0 Å². The molecule has 1 aliphatic heterocycles. The van der Waals surface area contributed by atoms with Gasteiger partial charge in [0.25, 0.3) is 0 Å². The van der Waals surface area contributed by atoms with E-state index in [4.69, 9.17) is 9.47 Å². The number of rotatable bonds is 8. The molecule has 0 spiro atoms. The van der Waals surface area contributed by atoms with E-state index in [1.807, 2.05) is 44.3 Å². The second kappa shape index (κ2) is 10.2. The third-order valence-corrected chi connectivity index (χ3v) is 5.14. The summed E-state index contributed by atoms with van der Waals surface area (Å²) in [7, 11) is 1.62. The van der Waals surface area contributed by atoms with Gasteiger partial charge in [-0.05, 0) is 43.2 Å². The van der Waals surface area contributed by atoms with Crippen molar-refractivity contribution in [3.63, 3.8) is 0 Å². The Bertz CT molecular complexity index is 800. The minimum absolute atomic E-state index is 0.00106. The Hall–Kier alpha value is -2.64. The smallest absolute Gasteiger partial charge is 0.234 e. The molecule has 0 radical (unpaired) electrons. The first-order valence-corrected chi connectivity index (χ1v) is 10.1. The maximum Gasteiger partial charge on any atom is 0.234 e. The van der Waals surface area contributed by atoms with E-state index < -0.39 is 0 Å². The number of nitrogens with one attached hydrogen (secondary N) is 2. The van der Waals surface area contributed by atoms with Crippen LogP contribution >= 0.6 is 0 Å². The van der Waals surface area contributed by atoms with Crippen molar-refractivity contribution in [2.24, 2.45) is 0 Å². The van der Waals surface area contributed by atoms with Gasteiger partial charge in [-0.1, -0.05) is 12.1 Å². The van der Waals surface area contributed by atoms with Crippen molar-refractivity contribution >= 4 is 5.91 Å². The SMILES string of the molecule is CCOc1ccc(C(C)NC(=O)CN2CCNCC2c2cccnc2)cc1OC. The number of hydrogen-bond acceptors (Lipinski definition) is 6. The molecule has 7 nitrogen and oxygen atoms in total. The fourth-order valence-electron chi connectivity index (χ4n) is 3.62. The summed E-state index contributed by atoms with van der Waals surface area (Å²) in [5.74, 6) is 1.38. The number of aromatic nitrogens is 1. The minimum Gasteiger partial charge on any atom is -0.493 e. The Balaban J connectivity index is 1.63. The molecule has 156 valence electrons. The molecule has 1 saturated heterocycles. The molecule has 1 aromatic carbocycles. The topological polar surface area (TPSA) is 75.7 Å². The first-order chi connectivity index (χ1) is 14.1. The highest BCUT2D eigenvalue weighted by molar-refractivity contribution is 5.78. The number of benzene rings is 1. The molecule has 0 bridgehead atoms. The van der Waals surface area contributed by atoms with E-state index in [1.165, 1.54) is 0 Å². The Kier molecular flexibility index (Phi) is 7.43. The second-order valence-corrected chi connectivity index (χ2v) is 7.11. The molecule has 2 heterocycles. The van der Waals surface area contributed by atoms with E-state index >= 15 is 0 Å². The van der Waals surface area contributed by atoms with Crippen molar-refractivity contribution in [1.29, 1.82) is 0 Å². The van der Waals surface area contributed by atoms with Crippen molar-refractivity contribution in [2.75, 3.05) is 39.9 Å². The fraction of sp³-hybridized carbons (Fsp3) is 0.455. The molecule has 1 fully saturated rings. The molecular weight excluding hydrogens is 368 g/mol. The zero-order valence-electron chi connectivity index (χ0n) is 17.4. The van der Waals surface area contributed by atoms with Crippen LogP contribution in [0.5, 0.6) is 11.5 Å². The minimum atomic E-state index is -0.133. The monoisotopic (exact) mass is 398 g/mol. The largest absolute Gasteiger partial charge is 0.493 e. The maximum absolute atomic E-state index is 12.8. The van der Waals surface area contributed by atoms with Gasteiger partial charge in [0.1, 0.15) is 0 Å².